The Kier molecular flexibility index (Phi) is 13.7. The van der Waals surface area contributed by atoms with Crippen molar-refractivity contribution in [1.29, 1.82) is 0 Å². The number of para-hydroxylation sites is 1. The van der Waals surface area contributed by atoms with Gasteiger partial charge in [0.2, 0.25) is 0 Å². The summed E-state index contributed by atoms with van der Waals surface area (Å²) >= 11 is 0. The number of fused-ring (bicyclic) bond motifs is 1. The molecule has 0 spiro atoms. The van der Waals surface area contributed by atoms with Gasteiger partial charge in [0, 0.05) is 44.1 Å². The van der Waals surface area contributed by atoms with Crippen LogP contribution in [0.25, 0.3) is 83.9 Å². The van der Waals surface area contributed by atoms with Crippen LogP contribution in [-0.2, 0) is 42.7 Å². The van der Waals surface area contributed by atoms with E-state index in [-0.39, 0.29) is 48.5 Å². The molecule has 0 amide bonds. The summed E-state index contributed by atoms with van der Waals surface area (Å²) in [5.74, 6) is 0.934. The molecular weight excluding hydrogens is 1050 g/mol. The molecule has 0 unspecified atom stereocenters. The molecule has 0 aliphatic carbocycles. The van der Waals surface area contributed by atoms with Crippen molar-refractivity contribution in [2.24, 2.45) is 0 Å². The minimum absolute atomic E-state index is 0. The van der Waals surface area contributed by atoms with E-state index in [2.05, 4.69) is 253 Å². The van der Waals surface area contributed by atoms with Crippen molar-refractivity contribution in [3.8, 4) is 78.6 Å². The number of imidazole rings is 1. The van der Waals surface area contributed by atoms with Gasteiger partial charge in [-0.3, -0.25) is 9.55 Å². The van der Waals surface area contributed by atoms with Gasteiger partial charge in [-0.2, -0.15) is 0 Å². The number of aryl methyl sites for hydroxylation is 2. The van der Waals surface area contributed by atoms with Gasteiger partial charge in [0.1, 0.15) is 11.6 Å². The minimum atomic E-state index is -0.334. The number of phenols is 1. The molecule has 9 rings (SSSR count). The molecule has 2 heterocycles. The molecule has 9 aromatic rings. The largest absolute Gasteiger partial charge is 0.507 e. The molecule has 4 nitrogen and oxygen atoms in total. The zero-order valence-corrected chi connectivity index (χ0v) is 46.3. The standard InChI is InChI=1S/C66H68N3O.Pt/c1-41-21-18-19-24-51(41)52-29-27-44(33-42(52)2)45-31-32-67-57(37-45)47-34-46(35-49(36-47)64(6,7)8)53-25-20-26-59-60(53)68-62(55-39-50(65(9,10)11)40-56(61(55)70)66(12,13)14)69(59)58-30-28-48(63(3,4)5)38-54(58)43-22-16-15-17-23-43;/h15-33,35-40,70H,1-14H3;/q-1;. The molecule has 0 saturated heterocycles. The fourth-order valence-electron chi connectivity index (χ4n) is 9.66. The zero-order chi connectivity index (χ0) is 50.1. The van der Waals surface area contributed by atoms with Gasteiger partial charge in [-0.15, -0.1) is 29.3 Å². The van der Waals surface area contributed by atoms with E-state index in [9.17, 15) is 5.11 Å². The maximum Gasteiger partial charge on any atom is 0.148 e. The molecule has 0 saturated carbocycles. The molecule has 0 bridgehead atoms. The summed E-state index contributed by atoms with van der Waals surface area (Å²) in [5, 5.41) is 12.6. The number of pyridine rings is 1. The molecule has 1 N–H and O–H groups in total. The first-order chi connectivity index (χ1) is 33.0. The van der Waals surface area contributed by atoms with Gasteiger partial charge in [0.25, 0.3) is 0 Å². The Morgan fingerprint density at radius 3 is 1.73 bits per heavy atom. The quantitative estimate of drug-likeness (QED) is 0.162. The van der Waals surface area contributed by atoms with Crippen LogP contribution in [0.15, 0.2) is 152 Å². The number of aromatic nitrogens is 3. The average molecular weight is 1110 g/mol. The average Bonchev–Trinajstić information content (AvgIpc) is 3.70. The van der Waals surface area contributed by atoms with Crippen molar-refractivity contribution in [2.75, 3.05) is 0 Å². The minimum Gasteiger partial charge on any atom is -0.507 e. The van der Waals surface area contributed by atoms with Gasteiger partial charge in [0.05, 0.1) is 22.3 Å². The van der Waals surface area contributed by atoms with Crippen LogP contribution in [0, 0.1) is 19.9 Å². The van der Waals surface area contributed by atoms with E-state index in [0.29, 0.717) is 11.4 Å². The SMILES string of the molecule is Cc1ccccc1-c1ccc(-c2ccnc(-c3[c-]c(-c4cccc5c4nc(-c4cc(C(C)(C)C)cc(C(C)(C)C)c4O)n5-c4ccc(C(C)(C)C)cc4-c4ccccc4)cc(C(C)(C)C)c3)c2)cc1C.[Pt]. The Bertz CT molecular complexity index is 3440. The number of hydrogen-bond donors (Lipinski definition) is 1. The molecule has 0 aliphatic rings. The van der Waals surface area contributed by atoms with Gasteiger partial charge in [0.15, 0.2) is 0 Å². The second kappa shape index (κ2) is 19.0. The summed E-state index contributed by atoms with van der Waals surface area (Å²) in [6.07, 6.45) is 1.92. The number of nitrogens with zero attached hydrogens (tertiary/aromatic N) is 3. The molecule has 5 heteroatoms. The molecular formula is C66H68N3OPt-. The number of phenolic OH excluding ortho intramolecular Hbond substituents is 1. The Balaban J connectivity index is 0.00000676. The molecule has 364 valence electrons. The first-order valence-corrected chi connectivity index (χ1v) is 24.8. The summed E-state index contributed by atoms with van der Waals surface area (Å²) in [4.78, 5) is 10.7. The van der Waals surface area contributed by atoms with E-state index in [1.165, 1.54) is 33.4 Å². The number of aromatic hydroxyl groups is 1. The van der Waals surface area contributed by atoms with Crippen molar-refractivity contribution in [2.45, 2.75) is 119 Å². The number of hydrogen-bond acceptors (Lipinski definition) is 3. The molecule has 0 fully saturated rings. The third kappa shape index (κ3) is 10.1. The second-order valence-electron chi connectivity index (χ2n) is 23.4. The van der Waals surface area contributed by atoms with Crippen LogP contribution in [0.1, 0.15) is 116 Å². The van der Waals surface area contributed by atoms with Gasteiger partial charge in [-0.25, -0.2) is 4.98 Å². The fraction of sp³-hybridized carbons (Fsp3) is 0.273. The second-order valence-corrected chi connectivity index (χ2v) is 23.4. The summed E-state index contributed by atoms with van der Waals surface area (Å²) in [5.41, 5.74) is 20.2. The van der Waals surface area contributed by atoms with E-state index in [0.717, 1.165) is 72.5 Å². The Morgan fingerprint density at radius 1 is 0.465 bits per heavy atom. The van der Waals surface area contributed by atoms with E-state index >= 15 is 0 Å². The zero-order valence-electron chi connectivity index (χ0n) is 44.0. The van der Waals surface area contributed by atoms with Crippen LogP contribution < -0.4 is 0 Å². The maximum atomic E-state index is 12.6. The van der Waals surface area contributed by atoms with Crippen molar-refractivity contribution in [3.63, 3.8) is 0 Å². The van der Waals surface area contributed by atoms with Crippen LogP contribution in [0.3, 0.4) is 0 Å². The van der Waals surface area contributed by atoms with Gasteiger partial charge < -0.3 is 5.11 Å². The third-order valence-electron chi connectivity index (χ3n) is 14.0. The summed E-state index contributed by atoms with van der Waals surface area (Å²) in [7, 11) is 0. The predicted molar refractivity (Wildman–Crippen MR) is 296 cm³/mol. The van der Waals surface area contributed by atoms with Crippen molar-refractivity contribution in [3.05, 3.63) is 191 Å². The third-order valence-corrected chi connectivity index (χ3v) is 14.0. The molecule has 71 heavy (non-hydrogen) atoms. The van der Waals surface area contributed by atoms with Crippen LogP contribution in [0.4, 0.5) is 0 Å². The summed E-state index contributed by atoms with van der Waals surface area (Å²) in [6, 6.07) is 56.3. The summed E-state index contributed by atoms with van der Waals surface area (Å²) < 4.78 is 2.29. The molecule has 0 atom stereocenters. The van der Waals surface area contributed by atoms with E-state index < -0.39 is 0 Å². The normalized spacial score (nSPS) is 12.3. The van der Waals surface area contributed by atoms with Crippen molar-refractivity contribution < 1.29 is 26.2 Å². The molecule has 2 aromatic heterocycles. The summed E-state index contributed by atoms with van der Waals surface area (Å²) in [6.45, 7) is 31.1. The van der Waals surface area contributed by atoms with E-state index in [1.807, 2.05) is 6.20 Å². The Morgan fingerprint density at radius 2 is 1.07 bits per heavy atom. The predicted octanol–water partition coefficient (Wildman–Crippen LogP) is 17.7. The van der Waals surface area contributed by atoms with Gasteiger partial charge in [-0.05, 0) is 116 Å². The first kappa shape index (κ1) is 51.0. The molecule has 0 aliphatic heterocycles. The van der Waals surface area contributed by atoms with Crippen molar-refractivity contribution in [1.82, 2.24) is 14.5 Å². The van der Waals surface area contributed by atoms with Crippen molar-refractivity contribution >= 4 is 11.0 Å². The number of rotatable bonds is 7. The maximum absolute atomic E-state index is 12.6. The van der Waals surface area contributed by atoms with Gasteiger partial charge >= 0.3 is 0 Å². The number of benzene rings is 7. The van der Waals surface area contributed by atoms with Crippen LogP contribution in [0.2, 0.25) is 0 Å². The monoisotopic (exact) mass is 1110 g/mol. The first-order valence-electron chi connectivity index (χ1n) is 24.8. The topological polar surface area (TPSA) is 50.9 Å². The molecule has 0 radical (unpaired) electrons. The fourth-order valence-corrected chi connectivity index (χ4v) is 9.66. The van der Waals surface area contributed by atoms with E-state index in [4.69, 9.17) is 9.97 Å². The van der Waals surface area contributed by atoms with Crippen LogP contribution in [0.5, 0.6) is 5.75 Å². The molecule has 7 aromatic carbocycles. The Labute approximate surface area is 437 Å². The van der Waals surface area contributed by atoms with Crippen LogP contribution in [-0.4, -0.2) is 19.6 Å². The van der Waals surface area contributed by atoms with Crippen LogP contribution >= 0.6 is 0 Å². The van der Waals surface area contributed by atoms with E-state index in [1.54, 1.807) is 0 Å². The van der Waals surface area contributed by atoms with Gasteiger partial charge in [-0.1, -0.05) is 197 Å². The Hall–Kier alpha value is -6.35. The smallest absolute Gasteiger partial charge is 0.148 e.